The van der Waals surface area contributed by atoms with Crippen molar-refractivity contribution in [3.8, 4) is 29.1 Å². The highest BCUT2D eigenvalue weighted by Gasteiger charge is 2.12. The minimum absolute atomic E-state index is 0.142. The number of rotatable bonds is 13. The second-order valence-corrected chi connectivity index (χ2v) is 7.81. The molecular formula is C24H18N4O8S2. The Morgan fingerprint density at radius 1 is 0.921 bits per heavy atom. The van der Waals surface area contributed by atoms with Gasteiger partial charge in [-0.15, -0.1) is 0 Å². The van der Waals surface area contributed by atoms with Crippen molar-refractivity contribution in [1.82, 2.24) is 0 Å². The first-order valence-corrected chi connectivity index (χ1v) is 12.0. The highest BCUT2D eigenvalue weighted by Crippen LogP contribution is 2.20. The summed E-state index contributed by atoms with van der Waals surface area (Å²) in [7, 11) is 3.06. The molecule has 0 amide bonds. The molecule has 194 valence electrons. The first-order chi connectivity index (χ1) is 18.6. The maximum absolute atomic E-state index is 12.0. The molecule has 0 aromatic heterocycles. The molecule has 12 nitrogen and oxygen atoms in total. The van der Waals surface area contributed by atoms with Crippen LogP contribution in [0.3, 0.4) is 0 Å². The summed E-state index contributed by atoms with van der Waals surface area (Å²) in [6.07, 6.45) is 0. The van der Waals surface area contributed by atoms with Crippen LogP contribution in [0.1, 0.15) is 11.1 Å². The summed E-state index contributed by atoms with van der Waals surface area (Å²) in [6.45, 7) is 7.38. The second-order valence-electron chi connectivity index (χ2n) is 6.67. The first kappa shape index (κ1) is 27.8. The normalized spacial score (nSPS) is 11.9. The van der Waals surface area contributed by atoms with Crippen molar-refractivity contribution in [2.45, 2.75) is 0 Å². The van der Waals surface area contributed by atoms with Crippen molar-refractivity contribution in [2.75, 3.05) is 14.2 Å². The molecule has 14 heteroatoms. The Bertz CT molecular complexity index is 1380. The van der Waals surface area contributed by atoms with Crippen LogP contribution in [0.25, 0.3) is 4.85 Å². The van der Waals surface area contributed by atoms with Gasteiger partial charge in [0.15, 0.2) is 11.5 Å². The summed E-state index contributed by atoms with van der Waals surface area (Å²) in [5, 5.41) is 16.8. The van der Waals surface area contributed by atoms with E-state index < -0.39 is 11.4 Å². The zero-order chi connectivity index (χ0) is 27.2. The average Bonchev–Trinajstić information content (AvgIpc) is 2.96. The standard InChI is InChI=1S/C24H18N4O8S2/c1-26-24(28-34-37-36-32-21-11-7-19(30-2)8-12-21)18-6-4-5-17(15-18)23(16-25)27-35-38(29)33-22-13-9-20(31-3)10-14-22/h4-15H,2-3H3. The smallest absolute Gasteiger partial charge is 0.439 e. The van der Waals surface area contributed by atoms with E-state index in [1.54, 1.807) is 61.7 Å². The third kappa shape index (κ3) is 8.42. The molecule has 0 N–H and O–H groups in total. The Kier molecular flexibility index (Phi) is 10.8. The summed E-state index contributed by atoms with van der Waals surface area (Å²) in [5.74, 6) is 1.74. The molecule has 0 saturated heterocycles. The van der Waals surface area contributed by atoms with Crippen LogP contribution in [0.2, 0.25) is 0 Å². The molecular weight excluding hydrogens is 536 g/mol. The van der Waals surface area contributed by atoms with Gasteiger partial charge >= 0.3 is 29.5 Å². The van der Waals surface area contributed by atoms with Gasteiger partial charge in [-0.25, -0.2) is 4.28 Å². The van der Waals surface area contributed by atoms with E-state index in [2.05, 4.69) is 15.2 Å². The molecule has 0 aliphatic rings. The lowest BCUT2D eigenvalue weighted by molar-refractivity contribution is -0.0867. The van der Waals surface area contributed by atoms with E-state index in [1.165, 1.54) is 25.3 Å². The van der Waals surface area contributed by atoms with Crippen molar-refractivity contribution in [1.29, 1.82) is 5.26 Å². The van der Waals surface area contributed by atoms with E-state index in [9.17, 15) is 9.47 Å². The van der Waals surface area contributed by atoms with Gasteiger partial charge in [0.25, 0.3) is 0 Å². The van der Waals surface area contributed by atoms with Gasteiger partial charge in [0.1, 0.15) is 23.3 Å². The largest absolute Gasteiger partial charge is 0.497 e. The molecule has 0 fully saturated rings. The monoisotopic (exact) mass is 554 g/mol. The quantitative estimate of drug-likeness (QED) is 0.0553. The van der Waals surface area contributed by atoms with Gasteiger partial charge in [0.2, 0.25) is 0 Å². The maximum Gasteiger partial charge on any atom is 0.439 e. The molecule has 0 heterocycles. The van der Waals surface area contributed by atoms with Gasteiger partial charge in [0.05, 0.1) is 19.4 Å². The Labute approximate surface area is 224 Å². The van der Waals surface area contributed by atoms with E-state index in [1.807, 2.05) is 6.07 Å². The maximum atomic E-state index is 12.0. The zero-order valence-corrected chi connectivity index (χ0v) is 21.4. The Morgan fingerprint density at radius 2 is 1.53 bits per heavy atom. The first-order valence-electron chi connectivity index (χ1n) is 10.3. The Hall–Kier alpha value is -4.76. The van der Waals surface area contributed by atoms with Crippen molar-refractivity contribution in [3.63, 3.8) is 0 Å². The summed E-state index contributed by atoms with van der Waals surface area (Å²) in [5.41, 5.74) is 0.372. The molecule has 0 bridgehead atoms. The Balaban J connectivity index is 1.58. The molecule has 38 heavy (non-hydrogen) atoms. The number of hydrogen-bond acceptors (Lipinski definition) is 12. The van der Waals surface area contributed by atoms with E-state index in [-0.39, 0.29) is 22.9 Å². The van der Waals surface area contributed by atoms with E-state index in [4.69, 9.17) is 38.0 Å². The van der Waals surface area contributed by atoms with Gasteiger partial charge in [0, 0.05) is 11.1 Å². The molecule has 3 rings (SSSR count). The number of hydrogen-bond donors (Lipinski definition) is 0. The molecule has 0 radical (unpaired) electrons. The summed E-state index contributed by atoms with van der Waals surface area (Å²) in [6, 6.07) is 20.9. The third-order valence-electron chi connectivity index (χ3n) is 4.39. The molecule has 3 aromatic rings. The van der Waals surface area contributed by atoms with Gasteiger partial charge in [-0.05, 0) is 48.5 Å². The van der Waals surface area contributed by atoms with Crippen LogP contribution in [-0.2, 0) is 24.3 Å². The Morgan fingerprint density at radius 3 is 2.13 bits per heavy atom. The number of nitrogens with zero attached hydrogens (tertiary/aromatic N) is 4. The van der Waals surface area contributed by atoms with Crippen LogP contribution >= 0.6 is 12.3 Å². The number of ether oxygens (including phenoxy) is 2. The minimum atomic E-state index is -2.32. The number of benzene rings is 3. The average molecular weight is 555 g/mol. The van der Waals surface area contributed by atoms with Gasteiger partial charge in [-0.1, -0.05) is 40.3 Å². The number of amidine groups is 1. The van der Waals surface area contributed by atoms with Crippen LogP contribution in [0.4, 0.5) is 0 Å². The highest BCUT2D eigenvalue weighted by atomic mass is 32.2. The van der Waals surface area contributed by atoms with E-state index in [0.29, 0.717) is 35.1 Å². The topological polar surface area (TPSA) is 135 Å². The van der Waals surface area contributed by atoms with Crippen LogP contribution in [0.5, 0.6) is 23.0 Å². The number of oxime groups is 2. The van der Waals surface area contributed by atoms with Crippen molar-refractivity contribution >= 4 is 35.2 Å². The fraction of sp³-hybridized carbons (Fsp3) is 0.0833. The lowest BCUT2D eigenvalue weighted by atomic mass is 10.1. The predicted octanol–water partition coefficient (Wildman–Crippen LogP) is 4.78. The summed E-state index contributed by atoms with van der Waals surface area (Å²) in [4.78, 5) is 8.33. The van der Waals surface area contributed by atoms with Crippen LogP contribution in [0, 0.1) is 17.9 Å². The zero-order valence-electron chi connectivity index (χ0n) is 19.8. The fourth-order valence-electron chi connectivity index (χ4n) is 2.62. The van der Waals surface area contributed by atoms with Crippen molar-refractivity contribution in [2.24, 2.45) is 10.3 Å². The summed E-state index contributed by atoms with van der Waals surface area (Å²) >= 11 is -1.93. The lowest BCUT2D eigenvalue weighted by Crippen LogP contribution is -2.06. The predicted molar refractivity (Wildman–Crippen MR) is 138 cm³/mol. The SMILES string of the molecule is [C-]#[N+]C(=NOSOOc1ccc(OC)cc1)c1cccc(C(C#N)=NOS(=O)Oc2ccc(OC)cc2)c1. The van der Waals surface area contributed by atoms with Crippen LogP contribution in [0.15, 0.2) is 83.1 Å². The number of nitriles is 1. The van der Waals surface area contributed by atoms with Crippen LogP contribution < -0.4 is 18.5 Å². The van der Waals surface area contributed by atoms with Gasteiger partial charge < -0.3 is 23.4 Å². The molecule has 1 unspecified atom stereocenters. The summed E-state index contributed by atoms with van der Waals surface area (Å²) < 4.78 is 41.8. The second kappa shape index (κ2) is 14.7. The lowest BCUT2D eigenvalue weighted by Gasteiger charge is -2.04. The van der Waals surface area contributed by atoms with Gasteiger partial charge in [-0.3, -0.25) is 4.28 Å². The van der Waals surface area contributed by atoms with E-state index >= 15 is 0 Å². The van der Waals surface area contributed by atoms with Gasteiger partial charge in [-0.2, -0.15) is 9.47 Å². The highest BCUT2D eigenvalue weighted by molar-refractivity contribution is 7.89. The molecule has 0 saturated carbocycles. The minimum Gasteiger partial charge on any atom is -0.497 e. The molecule has 0 aliphatic carbocycles. The number of methoxy groups -OCH3 is 2. The molecule has 1 atom stereocenters. The van der Waals surface area contributed by atoms with Crippen molar-refractivity contribution in [3.05, 3.63) is 95.3 Å². The van der Waals surface area contributed by atoms with Crippen LogP contribution in [-0.4, -0.2) is 30.0 Å². The third-order valence-corrected chi connectivity index (χ3v) is 5.17. The fourth-order valence-corrected chi connectivity index (χ4v) is 3.29. The molecule has 3 aromatic carbocycles. The van der Waals surface area contributed by atoms with Crippen molar-refractivity contribution < 1.29 is 35.7 Å². The van der Waals surface area contributed by atoms with E-state index in [0.717, 1.165) is 0 Å². The molecule has 0 aliphatic heterocycles. The molecule has 0 spiro atoms.